The molecule has 0 aliphatic rings. The molecule has 0 bridgehead atoms. The average molecular weight is 317 g/mol. The van der Waals surface area contributed by atoms with E-state index in [-0.39, 0.29) is 27.3 Å². The van der Waals surface area contributed by atoms with Gasteiger partial charge in [-0.3, -0.25) is 9.78 Å². The summed E-state index contributed by atoms with van der Waals surface area (Å²) in [7, 11) is 0. The highest BCUT2D eigenvalue weighted by Crippen LogP contribution is 2.19. The second-order valence-electron chi connectivity index (χ2n) is 4.55. The fraction of sp³-hybridized carbons (Fsp3) is 0.231. The number of aromatic amines is 1. The van der Waals surface area contributed by atoms with E-state index in [9.17, 15) is 14.0 Å². The van der Waals surface area contributed by atoms with Gasteiger partial charge < -0.3 is 0 Å². The topological polar surface area (TPSA) is 54.9 Å². The summed E-state index contributed by atoms with van der Waals surface area (Å²) in [6, 6.07) is 3.70. The van der Waals surface area contributed by atoms with Crippen molar-refractivity contribution in [3.8, 4) is 5.69 Å². The molecular weight excluding hydrogens is 306 g/mol. The van der Waals surface area contributed by atoms with Gasteiger partial charge in [-0.25, -0.2) is 13.8 Å². The van der Waals surface area contributed by atoms with Gasteiger partial charge in [0.15, 0.2) is 0 Å². The Morgan fingerprint density at radius 3 is 2.45 bits per heavy atom. The Kier molecular flexibility index (Phi) is 4.01. The van der Waals surface area contributed by atoms with Crippen molar-refractivity contribution in [3.63, 3.8) is 0 Å². The summed E-state index contributed by atoms with van der Waals surface area (Å²) in [6.07, 6.45) is 0. The van der Waals surface area contributed by atoms with Gasteiger partial charge in [-0.05, 0) is 24.1 Å². The van der Waals surface area contributed by atoms with Crippen LogP contribution in [0.15, 0.2) is 27.8 Å². The van der Waals surface area contributed by atoms with E-state index in [1.807, 2.05) is 0 Å². The number of halogens is 3. The Morgan fingerprint density at radius 1 is 1.25 bits per heavy atom. The third kappa shape index (κ3) is 2.51. The molecule has 0 aliphatic heterocycles. The zero-order valence-corrected chi connectivity index (χ0v) is 12.2. The largest absolute Gasteiger partial charge is 0.334 e. The molecule has 20 heavy (non-hydrogen) atoms. The van der Waals surface area contributed by atoms with Gasteiger partial charge >= 0.3 is 5.69 Å². The van der Waals surface area contributed by atoms with Gasteiger partial charge in [0.1, 0.15) is 11.0 Å². The van der Waals surface area contributed by atoms with E-state index >= 15 is 0 Å². The number of H-pyrrole nitrogens is 1. The first-order valence-corrected chi connectivity index (χ1v) is 6.58. The quantitative estimate of drug-likeness (QED) is 0.865. The lowest BCUT2D eigenvalue weighted by molar-refractivity contribution is 0.610. The minimum Gasteiger partial charge on any atom is -0.297 e. The molecule has 0 unspecified atom stereocenters. The molecule has 0 atom stereocenters. The summed E-state index contributed by atoms with van der Waals surface area (Å²) < 4.78 is 14.6. The first-order valence-electron chi connectivity index (χ1n) is 5.83. The molecule has 0 fully saturated rings. The van der Waals surface area contributed by atoms with Crippen molar-refractivity contribution < 1.29 is 4.39 Å². The van der Waals surface area contributed by atoms with Crippen LogP contribution in [0.3, 0.4) is 0 Å². The third-order valence-electron chi connectivity index (χ3n) is 2.82. The highest BCUT2D eigenvalue weighted by atomic mass is 35.5. The van der Waals surface area contributed by atoms with Crippen molar-refractivity contribution in [1.29, 1.82) is 0 Å². The molecule has 2 rings (SSSR count). The van der Waals surface area contributed by atoms with E-state index in [0.29, 0.717) is 4.57 Å². The predicted molar refractivity (Wildman–Crippen MR) is 76.7 cm³/mol. The number of benzene rings is 1. The van der Waals surface area contributed by atoms with Gasteiger partial charge in [0, 0.05) is 5.02 Å². The van der Waals surface area contributed by atoms with Gasteiger partial charge in [-0.15, -0.1) is 0 Å². The van der Waals surface area contributed by atoms with Crippen molar-refractivity contribution in [2.24, 2.45) is 0 Å². The fourth-order valence-electron chi connectivity index (χ4n) is 1.91. The second-order valence-corrected chi connectivity index (χ2v) is 5.36. The third-order valence-corrected chi connectivity index (χ3v) is 3.35. The number of rotatable bonds is 2. The highest BCUT2D eigenvalue weighted by Gasteiger charge is 2.18. The van der Waals surface area contributed by atoms with Crippen LogP contribution in [0.1, 0.15) is 25.3 Å². The Labute approximate surface area is 123 Å². The van der Waals surface area contributed by atoms with Crippen LogP contribution in [0.4, 0.5) is 4.39 Å². The maximum absolute atomic E-state index is 13.9. The molecule has 1 heterocycles. The van der Waals surface area contributed by atoms with Crippen LogP contribution in [0, 0.1) is 5.82 Å². The summed E-state index contributed by atoms with van der Waals surface area (Å²) >= 11 is 11.5. The van der Waals surface area contributed by atoms with E-state index in [2.05, 4.69) is 4.98 Å². The van der Waals surface area contributed by atoms with Crippen LogP contribution in [0.25, 0.3) is 5.69 Å². The number of hydrogen-bond acceptors (Lipinski definition) is 2. The number of aromatic nitrogens is 2. The number of hydrogen-bond donors (Lipinski definition) is 1. The molecule has 1 aromatic heterocycles. The summed E-state index contributed by atoms with van der Waals surface area (Å²) in [4.78, 5) is 26.6. The first-order chi connectivity index (χ1) is 9.32. The van der Waals surface area contributed by atoms with E-state index in [4.69, 9.17) is 23.2 Å². The molecule has 4 nitrogen and oxygen atoms in total. The van der Waals surface area contributed by atoms with E-state index < -0.39 is 17.1 Å². The van der Waals surface area contributed by atoms with Gasteiger partial charge in [0.2, 0.25) is 0 Å². The first kappa shape index (κ1) is 14.8. The standard InChI is InChI=1S/C13H11Cl2FN2O2/c1-6(2)10-11(15)17-13(20)18(12(10)19)9-4-3-7(14)5-8(9)16/h3-6H,1-2H3,(H,17,20). The monoisotopic (exact) mass is 316 g/mol. The Balaban J connectivity index is 2.85. The molecule has 0 amide bonds. The molecule has 0 saturated carbocycles. The lowest BCUT2D eigenvalue weighted by Crippen LogP contribution is -2.37. The van der Waals surface area contributed by atoms with Gasteiger partial charge in [0.25, 0.3) is 5.56 Å². The van der Waals surface area contributed by atoms with Gasteiger partial charge in [-0.2, -0.15) is 0 Å². The molecule has 0 radical (unpaired) electrons. The van der Waals surface area contributed by atoms with Crippen LogP contribution in [0.2, 0.25) is 10.2 Å². The van der Waals surface area contributed by atoms with Crippen LogP contribution in [0.5, 0.6) is 0 Å². The van der Waals surface area contributed by atoms with Gasteiger partial charge in [0.05, 0.1) is 11.3 Å². The number of nitrogens with zero attached hydrogens (tertiary/aromatic N) is 1. The second kappa shape index (κ2) is 5.42. The summed E-state index contributed by atoms with van der Waals surface area (Å²) in [5, 5.41) is 0.148. The van der Waals surface area contributed by atoms with Crippen LogP contribution < -0.4 is 11.2 Å². The molecule has 2 aromatic rings. The zero-order valence-electron chi connectivity index (χ0n) is 10.7. The predicted octanol–water partition coefficient (Wildman–Crippen LogP) is 3.10. The Morgan fingerprint density at radius 2 is 1.90 bits per heavy atom. The summed E-state index contributed by atoms with van der Waals surface area (Å²) in [5.41, 5.74) is -1.39. The molecule has 0 saturated heterocycles. The maximum atomic E-state index is 13.9. The summed E-state index contributed by atoms with van der Waals surface area (Å²) in [5.74, 6) is -0.976. The van der Waals surface area contributed by atoms with Crippen LogP contribution in [-0.4, -0.2) is 9.55 Å². The molecule has 1 N–H and O–H groups in total. The molecule has 0 spiro atoms. The van der Waals surface area contributed by atoms with Crippen molar-refractivity contribution in [1.82, 2.24) is 9.55 Å². The smallest absolute Gasteiger partial charge is 0.297 e. The fourth-order valence-corrected chi connectivity index (χ4v) is 2.44. The highest BCUT2D eigenvalue weighted by molar-refractivity contribution is 6.30. The molecule has 0 aliphatic carbocycles. The molecule has 1 aromatic carbocycles. The minimum atomic E-state index is -0.800. The zero-order chi connectivity index (χ0) is 15.0. The van der Waals surface area contributed by atoms with E-state index in [1.54, 1.807) is 13.8 Å². The molecule has 106 valence electrons. The number of nitrogens with one attached hydrogen (secondary N) is 1. The van der Waals surface area contributed by atoms with E-state index in [1.165, 1.54) is 12.1 Å². The Hall–Kier alpha value is -1.59. The minimum absolute atomic E-state index is 0.0272. The van der Waals surface area contributed by atoms with Gasteiger partial charge in [-0.1, -0.05) is 37.0 Å². The SMILES string of the molecule is CC(C)c1c(Cl)[nH]c(=O)n(-c2ccc(Cl)cc2F)c1=O. The van der Waals surface area contributed by atoms with Crippen molar-refractivity contribution in [2.75, 3.05) is 0 Å². The lowest BCUT2D eigenvalue weighted by Gasteiger charge is -2.11. The molecular formula is C13H11Cl2FN2O2. The average Bonchev–Trinajstić information content (AvgIpc) is 2.30. The van der Waals surface area contributed by atoms with Crippen molar-refractivity contribution >= 4 is 23.2 Å². The summed E-state index contributed by atoms with van der Waals surface area (Å²) in [6.45, 7) is 3.51. The molecule has 7 heteroatoms. The van der Waals surface area contributed by atoms with Crippen LogP contribution in [-0.2, 0) is 0 Å². The van der Waals surface area contributed by atoms with Crippen molar-refractivity contribution in [3.05, 3.63) is 60.6 Å². The van der Waals surface area contributed by atoms with Crippen LogP contribution >= 0.6 is 23.2 Å². The normalized spacial score (nSPS) is 11.1. The van der Waals surface area contributed by atoms with Crippen molar-refractivity contribution in [2.45, 2.75) is 19.8 Å². The Bertz CT molecular complexity index is 781. The maximum Gasteiger partial charge on any atom is 0.334 e. The van der Waals surface area contributed by atoms with E-state index in [0.717, 1.165) is 6.07 Å². The lowest BCUT2D eigenvalue weighted by atomic mass is 10.1.